The maximum absolute atomic E-state index is 11.6. The van der Waals surface area contributed by atoms with E-state index in [9.17, 15) is 4.79 Å². The molecule has 4 heteroatoms. The molecule has 112 valence electrons. The lowest BCUT2D eigenvalue weighted by atomic mass is 10.1. The van der Waals surface area contributed by atoms with Gasteiger partial charge in [-0.3, -0.25) is 4.79 Å². The van der Waals surface area contributed by atoms with Crippen LogP contribution in [0.4, 0.5) is 0 Å². The Morgan fingerprint density at radius 1 is 1.25 bits per heavy atom. The smallest absolute Gasteiger partial charge is 0.326 e. The van der Waals surface area contributed by atoms with Crippen LogP contribution in [0.5, 0.6) is 5.75 Å². The van der Waals surface area contributed by atoms with Crippen molar-refractivity contribution in [2.24, 2.45) is 0 Å². The number of hydrogen-bond acceptors (Lipinski definition) is 4. The highest BCUT2D eigenvalue weighted by Crippen LogP contribution is 2.14. The highest BCUT2D eigenvalue weighted by Gasteiger charge is 2.18. The molecule has 0 spiro atoms. The van der Waals surface area contributed by atoms with Crippen LogP contribution in [0, 0.1) is 0 Å². The largest absolute Gasteiger partial charge is 0.491 e. The van der Waals surface area contributed by atoms with Crippen molar-refractivity contribution in [3.8, 4) is 5.75 Å². The second-order valence-electron chi connectivity index (χ2n) is 4.65. The van der Waals surface area contributed by atoms with E-state index in [1.54, 1.807) is 14.0 Å². The number of ether oxygens (including phenoxy) is 2. The van der Waals surface area contributed by atoms with E-state index in [0.717, 1.165) is 12.2 Å². The third-order valence-electron chi connectivity index (χ3n) is 3.08. The molecule has 0 heterocycles. The van der Waals surface area contributed by atoms with Crippen molar-refractivity contribution in [1.82, 2.24) is 5.32 Å². The summed E-state index contributed by atoms with van der Waals surface area (Å²) in [4.78, 5) is 11.6. The first-order valence-electron chi connectivity index (χ1n) is 7.26. The summed E-state index contributed by atoms with van der Waals surface area (Å²) in [5, 5.41) is 2.90. The Bertz CT molecular complexity index is 389. The average Bonchev–Trinajstić information content (AvgIpc) is 2.47. The number of nitrogens with one attached hydrogen (secondary N) is 1. The fourth-order valence-electron chi connectivity index (χ4n) is 1.82. The molecule has 4 nitrogen and oxygen atoms in total. The fraction of sp³-hybridized carbons (Fsp3) is 0.562. The van der Waals surface area contributed by atoms with E-state index < -0.39 is 6.04 Å². The summed E-state index contributed by atoms with van der Waals surface area (Å²) < 4.78 is 10.6. The Labute approximate surface area is 121 Å². The van der Waals surface area contributed by atoms with Gasteiger partial charge in [0.1, 0.15) is 18.4 Å². The maximum Gasteiger partial charge on any atom is 0.326 e. The molecule has 1 aromatic rings. The lowest BCUT2D eigenvalue weighted by Gasteiger charge is -2.15. The van der Waals surface area contributed by atoms with E-state index in [4.69, 9.17) is 9.47 Å². The molecular formula is C16H25NO3. The molecule has 0 aromatic heterocycles. The highest BCUT2D eigenvalue weighted by atomic mass is 16.5. The van der Waals surface area contributed by atoms with Crippen LogP contribution in [-0.4, -0.2) is 32.3 Å². The standard InChI is InChI=1S/C16H25NO3/c1-4-6-7-13-8-10-14(11-9-13)20-12-15(17-3)16(18)19-5-2/h8-11,15,17H,4-7,12H2,1-3H3. The predicted molar refractivity (Wildman–Crippen MR) is 80.0 cm³/mol. The van der Waals surface area contributed by atoms with Crippen LogP contribution in [0.15, 0.2) is 24.3 Å². The van der Waals surface area contributed by atoms with Gasteiger partial charge in [0.2, 0.25) is 0 Å². The number of benzene rings is 1. The van der Waals surface area contributed by atoms with Gasteiger partial charge in [-0.05, 0) is 44.5 Å². The molecule has 0 saturated heterocycles. The predicted octanol–water partition coefficient (Wildman–Crippen LogP) is 2.56. The number of aryl methyl sites for hydroxylation is 1. The van der Waals surface area contributed by atoms with Crippen LogP contribution in [0.25, 0.3) is 0 Å². The topological polar surface area (TPSA) is 47.6 Å². The zero-order chi connectivity index (χ0) is 14.8. The van der Waals surface area contributed by atoms with Crippen molar-refractivity contribution in [3.63, 3.8) is 0 Å². The Balaban J connectivity index is 2.45. The normalized spacial score (nSPS) is 11.9. The minimum Gasteiger partial charge on any atom is -0.491 e. The van der Waals surface area contributed by atoms with Crippen LogP contribution in [-0.2, 0) is 16.0 Å². The van der Waals surface area contributed by atoms with Crippen LogP contribution >= 0.6 is 0 Å². The molecule has 0 bridgehead atoms. The summed E-state index contributed by atoms with van der Waals surface area (Å²) in [7, 11) is 1.72. The van der Waals surface area contributed by atoms with Gasteiger partial charge < -0.3 is 14.8 Å². The summed E-state index contributed by atoms with van der Waals surface area (Å²) in [5.74, 6) is 0.490. The van der Waals surface area contributed by atoms with Crippen LogP contribution in [0.2, 0.25) is 0 Å². The van der Waals surface area contributed by atoms with Gasteiger partial charge >= 0.3 is 5.97 Å². The second kappa shape index (κ2) is 9.37. The molecule has 1 rings (SSSR count). The van der Waals surface area contributed by atoms with E-state index in [2.05, 4.69) is 24.4 Å². The number of esters is 1. The van der Waals surface area contributed by atoms with Crippen LogP contribution in [0.1, 0.15) is 32.3 Å². The van der Waals surface area contributed by atoms with Gasteiger partial charge in [0.25, 0.3) is 0 Å². The van der Waals surface area contributed by atoms with Gasteiger partial charge in [-0.15, -0.1) is 0 Å². The maximum atomic E-state index is 11.6. The van der Waals surface area contributed by atoms with Gasteiger partial charge in [0.05, 0.1) is 6.61 Å². The molecule has 1 N–H and O–H groups in total. The van der Waals surface area contributed by atoms with Crippen LogP contribution < -0.4 is 10.1 Å². The van der Waals surface area contributed by atoms with Gasteiger partial charge in [-0.1, -0.05) is 25.5 Å². The average molecular weight is 279 g/mol. The summed E-state index contributed by atoms with van der Waals surface area (Å²) >= 11 is 0. The Morgan fingerprint density at radius 3 is 2.50 bits per heavy atom. The zero-order valence-corrected chi connectivity index (χ0v) is 12.6. The number of unbranched alkanes of at least 4 members (excludes halogenated alkanes) is 1. The first-order chi connectivity index (χ1) is 9.71. The number of likely N-dealkylation sites (N-methyl/N-ethyl adjacent to an activating group) is 1. The lowest BCUT2D eigenvalue weighted by molar-refractivity contribution is -0.146. The Kier molecular flexibility index (Phi) is 7.73. The molecule has 1 atom stereocenters. The molecule has 1 aromatic carbocycles. The van der Waals surface area contributed by atoms with E-state index in [-0.39, 0.29) is 12.6 Å². The molecule has 0 aliphatic carbocycles. The third kappa shape index (κ3) is 5.61. The van der Waals surface area contributed by atoms with Crippen molar-refractivity contribution < 1.29 is 14.3 Å². The summed E-state index contributed by atoms with van der Waals surface area (Å²) in [6, 6.07) is 7.61. The lowest BCUT2D eigenvalue weighted by Crippen LogP contribution is -2.40. The van der Waals surface area contributed by atoms with Crippen molar-refractivity contribution >= 4 is 5.97 Å². The fourth-order valence-corrected chi connectivity index (χ4v) is 1.82. The minimum atomic E-state index is -0.435. The summed E-state index contributed by atoms with van der Waals surface area (Å²) in [6.45, 7) is 4.62. The van der Waals surface area contributed by atoms with Gasteiger partial charge in [0.15, 0.2) is 0 Å². The molecule has 0 amide bonds. The number of hydrogen-bond donors (Lipinski definition) is 1. The first-order valence-corrected chi connectivity index (χ1v) is 7.26. The number of rotatable bonds is 9. The van der Waals surface area contributed by atoms with E-state index in [1.807, 2.05) is 12.1 Å². The van der Waals surface area contributed by atoms with Crippen molar-refractivity contribution in [3.05, 3.63) is 29.8 Å². The molecule has 0 aliphatic heterocycles. The second-order valence-corrected chi connectivity index (χ2v) is 4.65. The van der Waals surface area contributed by atoms with Crippen molar-refractivity contribution in [1.29, 1.82) is 0 Å². The van der Waals surface area contributed by atoms with Gasteiger partial charge in [-0.25, -0.2) is 0 Å². The highest BCUT2D eigenvalue weighted by molar-refractivity contribution is 5.75. The van der Waals surface area contributed by atoms with Crippen molar-refractivity contribution in [2.45, 2.75) is 39.2 Å². The molecular weight excluding hydrogens is 254 g/mol. The molecule has 1 unspecified atom stereocenters. The van der Waals surface area contributed by atoms with Crippen LogP contribution in [0.3, 0.4) is 0 Å². The number of carbonyl (C=O) groups excluding carboxylic acids is 1. The molecule has 0 radical (unpaired) electrons. The van der Waals surface area contributed by atoms with Crippen molar-refractivity contribution in [2.75, 3.05) is 20.3 Å². The Hall–Kier alpha value is -1.55. The van der Waals surface area contributed by atoms with Gasteiger partial charge in [-0.2, -0.15) is 0 Å². The third-order valence-corrected chi connectivity index (χ3v) is 3.08. The summed E-state index contributed by atoms with van der Waals surface area (Å²) in [6.07, 6.45) is 3.49. The summed E-state index contributed by atoms with van der Waals surface area (Å²) in [5.41, 5.74) is 1.31. The molecule has 0 fully saturated rings. The van der Waals surface area contributed by atoms with E-state index in [0.29, 0.717) is 6.61 Å². The SMILES string of the molecule is CCCCc1ccc(OCC(NC)C(=O)OCC)cc1. The quantitative estimate of drug-likeness (QED) is 0.706. The van der Waals surface area contributed by atoms with Gasteiger partial charge in [0, 0.05) is 0 Å². The monoisotopic (exact) mass is 279 g/mol. The number of carbonyl (C=O) groups is 1. The molecule has 20 heavy (non-hydrogen) atoms. The molecule has 0 saturated carbocycles. The zero-order valence-electron chi connectivity index (χ0n) is 12.6. The van der Waals surface area contributed by atoms with E-state index >= 15 is 0 Å². The Morgan fingerprint density at radius 2 is 1.95 bits per heavy atom. The van der Waals surface area contributed by atoms with E-state index in [1.165, 1.54) is 18.4 Å². The molecule has 0 aliphatic rings. The first kappa shape index (κ1) is 16.5. The minimum absolute atomic E-state index is 0.268.